The van der Waals surface area contributed by atoms with E-state index in [0.717, 1.165) is 27.6 Å². The van der Waals surface area contributed by atoms with Crippen LogP contribution in [0.5, 0.6) is 0 Å². The van der Waals surface area contributed by atoms with Gasteiger partial charge in [0.05, 0.1) is 35.6 Å². The lowest BCUT2D eigenvalue weighted by atomic mass is 9.93. The molecule has 0 radical (unpaired) electrons. The van der Waals surface area contributed by atoms with E-state index in [1.807, 2.05) is 44.2 Å². The van der Waals surface area contributed by atoms with Gasteiger partial charge in [0.1, 0.15) is 0 Å². The van der Waals surface area contributed by atoms with Crippen LogP contribution in [-0.4, -0.2) is 35.4 Å². The quantitative estimate of drug-likeness (QED) is 0.232. The van der Waals surface area contributed by atoms with Crippen molar-refractivity contribution < 1.29 is 18.0 Å². The zero-order chi connectivity index (χ0) is 31.9. The number of nitrogens with one attached hydrogen (secondary N) is 1. The average Bonchev–Trinajstić information content (AvgIpc) is 3.50. The van der Waals surface area contributed by atoms with Crippen LogP contribution >= 0.6 is 11.6 Å². The molecule has 0 saturated heterocycles. The van der Waals surface area contributed by atoms with Gasteiger partial charge < -0.3 is 5.32 Å². The number of amides is 1. The number of hydrogen-bond acceptors (Lipinski definition) is 6. The van der Waals surface area contributed by atoms with E-state index in [-0.39, 0.29) is 23.2 Å². The number of alkyl halides is 3. The molecule has 0 spiro atoms. The first-order valence-electron chi connectivity index (χ1n) is 14.2. The summed E-state index contributed by atoms with van der Waals surface area (Å²) in [5, 5.41) is 10.2. The van der Waals surface area contributed by atoms with Gasteiger partial charge in [0.25, 0.3) is 5.56 Å². The Bertz CT molecular complexity index is 1970. The summed E-state index contributed by atoms with van der Waals surface area (Å²) in [6.07, 6.45) is 0.910. The van der Waals surface area contributed by atoms with Gasteiger partial charge in [0, 0.05) is 40.0 Å². The lowest BCUT2D eigenvalue weighted by Crippen LogP contribution is -2.27. The maximum Gasteiger partial charge on any atom is 0.436 e. The van der Waals surface area contributed by atoms with Crippen LogP contribution in [0.15, 0.2) is 78.1 Å². The van der Waals surface area contributed by atoms with Gasteiger partial charge in [-0.3, -0.25) is 19.1 Å². The molecule has 1 N–H and O–H groups in total. The van der Waals surface area contributed by atoms with E-state index >= 15 is 0 Å². The molecule has 1 aliphatic heterocycles. The minimum atomic E-state index is -4.68. The summed E-state index contributed by atoms with van der Waals surface area (Å²) < 4.78 is 42.1. The Morgan fingerprint density at radius 1 is 1.02 bits per heavy atom. The summed E-state index contributed by atoms with van der Waals surface area (Å²) in [5.41, 5.74) is 3.21. The van der Waals surface area contributed by atoms with E-state index < -0.39 is 23.5 Å². The summed E-state index contributed by atoms with van der Waals surface area (Å²) in [6, 6.07) is 14.8. The molecule has 0 fully saturated rings. The van der Waals surface area contributed by atoms with Crippen molar-refractivity contribution in [3.63, 3.8) is 0 Å². The number of aromatic nitrogens is 6. The molecule has 5 aromatic rings. The highest BCUT2D eigenvalue weighted by Crippen LogP contribution is 2.35. The van der Waals surface area contributed by atoms with Crippen molar-refractivity contribution in [3.05, 3.63) is 106 Å². The summed E-state index contributed by atoms with van der Waals surface area (Å²) in [5.74, 6) is -0.346. The highest BCUT2D eigenvalue weighted by atomic mass is 35.5. The van der Waals surface area contributed by atoms with Gasteiger partial charge in [-0.25, -0.2) is 9.67 Å². The highest BCUT2D eigenvalue weighted by Gasteiger charge is 2.35. The SMILES string of the molecule is Cc1cccc2c1-c1ccnc(c1)[C@@H](n1cnc(-c3cc(Cl)ccc3-n3cc(C(F)(F)F)nn3)cc1=O)CCC[C@@H](C)C(=O)N2. The van der Waals surface area contributed by atoms with Crippen LogP contribution in [0.2, 0.25) is 5.02 Å². The second-order valence-electron chi connectivity index (χ2n) is 11.0. The van der Waals surface area contributed by atoms with E-state index in [2.05, 4.69) is 25.6 Å². The molecule has 2 aromatic carbocycles. The molecule has 0 saturated carbocycles. The molecule has 0 unspecified atom stereocenters. The number of hydrogen-bond donors (Lipinski definition) is 1. The smallest absolute Gasteiger partial charge is 0.325 e. The molecule has 2 atom stereocenters. The lowest BCUT2D eigenvalue weighted by Gasteiger charge is -2.23. The molecule has 13 heteroatoms. The number of carbonyl (C=O) groups is 1. The van der Waals surface area contributed by atoms with Gasteiger partial charge in [-0.1, -0.05) is 42.3 Å². The second-order valence-corrected chi connectivity index (χ2v) is 11.5. The van der Waals surface area contributed by atoms with Crippen LogP contribution in [0.3, 0.4) is 0 Å². The van der Waals surface area contributed by atoms with Crippen LogP contribution in [0.25, 0.3) is 28.1 Å². The van der Waals surface area contributed by atoms with E-state index in [0.29, 0.717) is 41.2 Å². The zero-order valence-corrected chi connectivity index (χ0v) is 25.0. The first-order chi connectivity index (χ1) is 21.5. The van der Waals surface area contributed by atoms with Crippen molar-refractivity contribution in [2.24, 2.45) is 5.92 Å². The predicted molar refractivity (Wildman–Crippen MR) is 163 cm³/mol. The van der Waals surface area contributed by atoms with Gasteiger partial charge in [-0.2, -0.15) is 13.2 Å². The minimum absolute atomic E-state index is 0.0801. The average molecular weight is 634 g/mol. The molecule has 0 aliphatic carbocycles. The van der Waals surface area contributed by atoms with Crippen molar-refractivity contribution in [3.8, 4) is 28.1 Å². The van der Waals surface area contributed by atoms with Gasteiger partial charge in [0.2, 0.25) is 5.91 Å². The van der Waals surface area contributed by atoms with Gasteiger partial charge >= 0.3 is 6.18 Å². The number of nitrogens with zero attached hydrogens (tertiary/aromatic N) is 6. The fourth-order valence-corrected chi connectivity index (χ4v) is 5.76. The molecular formula is C32H27ClF3N7O2. The summed E-state index contributed by atoms with van der Waals surface area (Å²) in [4.78, 5) is 36.0. The van der Waals surface area contributed by atoms with Crippen molar-refractivity contribution >= 4 is 23.2 Å². The molecule has 1 aliphatic rings. The summed E-state index contributed by atoms with van der Waals surface area (Å²) in [6.45, 7) is 3.85. The minimum Gasteiger partial charge on any atom is -0.325 e. The first kappa shape index (κ1) is 30.2. The number of anilines is 1. The van der Waals surface area contributed by atoms with Crippen molar-refractivity contribution in [1.29, 1.82) is 0 Å². The number of aryl methyl sites for hydroxylation is 1. The Balaban J connectivity index is 1.43. The highest BCUT2D eigenvalue weighted by molar-refractivity contribution is 6.31. The van der Waals surface area contributed by atoms with E-state index in [4.69, 9.17) is 11.6 Å². The Kier molecular flexibility index (Phi) is 8.00. The first-order valence-corrected chi connectivity index (χ1v) is 14.6. The van der Waals surface area contributed by atoms with Gasteiger partial charge in [0.15, 0.2) is 5.69 Å². The fourth-order valence-electron chi connectivity index (χ4n) is 5.59. The van der Waals surface area contributed by atoms with Gasteiger partial charge in [-0.05, 0) is 67.3 Å². The maximum absolute atomic E-state index is 13.7. The number of benzene rings is 2. The number of carbonyl (C=O) groups excluding carboxylic acids is 1. The van der Waals surface area contributed by atoms with Crippen molar-refractivity contribution in [1.82, 2.24) is 29.5 Å². The Morgan fingerprint density at radius 3 is 2.60 bits per heavy atom. The summed E-state index contributed by atoms with van der Waals surface area (Å²) in [7, 11) is 0. The van der Waals surface area contributed by atoms with Gasteiger partial charge in [-0.15, -0.1) is 5.10 Å². The fraction of sp³-hybridized carbons (Fsp3) is 0.250. The number of rotatable bonds is 3. The maximum atomic E-state index is 13.7. The zero-order valence-electron chi connectivity index (χ0n) is 24.2. The Labute approximate surface area is 260 Å². The molecular weight excluding hydrogens is 607 g/mol. The third-order valence-corrected chi connectivity index (χ3v) is 8.18. The Morgan fingerprint density at radius 2 is 1.84 bits per heavy atom. The molecule has 9 nitrogen and oxygen atoms in total. The molecule has 3 aromatic heterocycles. The topological polar surface area (TPSA) is 108 Å². The molecule has 45 heavy (non-hydrogen) atoms. The largest absolute Gasteiger partial charge is 0.436 e. The van der Waals surface area contributed by atoms with Crippen LogP contribution in [-0.2, 0) is 11.0 Å². The van der Waals surface area contributed by atoms with Crippen molar-refractivity contribution in [2.45, 2.75) is 45.3 Å². The van der Waals surface area contributed by atoms with Crippen LogP contribution in [0.1, 0.15) is 49.2 Å². The molecule has 4 heterocycles. The molecule has 230 valence electrons. The third-order valence-electron chi connectivity index (χ3n) is 7.94. The normalized spacial score (nSPS) is 17.2. The Hall–Kier alpha value is -4.84. The van der Waals surface area contributed by atoms with E-state index in [1.54, 1.807) is 6.20 Å². The van der Waals surface area contributed by atoms with E-state index in [9.17, 15) is 22.8 Å². The van der Waals surface area contributed by atoms with E-state index in [1.165, 1.54) is 35.2 Å². The summed E-state index contributed by atoms with van der Waals surface area (Å²) >= 11 is 6.25. The predicted octanol–water partition coefficient (Wildman–Crippen LogP) is 6.88. The standard InChI is InChI=1S/C32H27ClF3N7O2/c1-18-5-3-7-23-30(18)20-11-12-37-25(13-20)27(8-4-6-19(2)31(45)39-23)42-17-38-24(15-29(42)44)22-14-21(33)9-10-26(22)43-16-28(40-41-43)32(34,35)36/h3,5,7,9-17,19,27H,4,6,8H2,1-2H3,(H,39,45)/t19-,27+/m1/s1. The number of halogens is 4. The molecule has 6 rings (SSSR count). The lowest BCUT2D eigenvalue weighted by molar-refractivity contribution is -0.141. The second kappa shape index (κ2) is 11.9. The monoisotopic (exact) mass is 633 g/mol. The van der Waals surface area contributed by atoms with Crippen molar-refractivity contribution in [2.75, 3.05) is 5.32 Å². The molecule has 1 amide bonds. The molecule has 2 bridgehead atoms. The van der Waals surface area contributed by atoms with Crippen LogP contribution < -0.4 is 10.9 Å². The number of pyridine rings is 1. The van der Waals surface area contributed by atoms with Crippen LogP contribution in [0.4, 0.5) is 18.9 Å². The van der Waals surface area contributed by atoms with Crippen LogP contribution in [0, 0.1) is 12.8 Å². The number of fused-ring (bicyclic) bond motifs is 4. The third kappa shape index (κ3) is 6.10.